The largest absolute Gasteiger partial charge is 0.349 e. The minimum absolute atomic E-state index is 0. The van der Waals surface area contributed by atoms with Crippen molar-refractivity contribution >= 4 is 30.7 Å². The summed E-state index contributed by atoms with van der Waals surface area (Å²) < 4.78 is 2.11. The van der Waals surface area contributed by atoms with Gasteiger partial charge in [0, 0.05) is 25.5 Å². The zero-order valence-corrected chi connectivity index (χ0v) is 13.6. The molecule has 1 amide bonds. The van der Waals surface area contributed by atoms with Gasteiger partial charge in [-0.15, -0.1) is 24.8 Å². The normalized spacial score (nSPS) is 17.4. The van der Waals surface area contributed by atoms with Gasteiger partial charge in [0.15, 0.2) is 0 Å². The van der Waals surface area contributed by atoms with Crippen LogP contribution in [0.4, 0.5) is 0 Å². The zero-order valence-electron chi connectivity index (χ0n) is 12.0. The second-order valence-corrected chi connectivity index (χ2v) is 5.30. The van der Waals surface area contributed by atoms with Gasteiger partial charge in [0.2, 0.25) is 5.91 Å². The molecule has 1 atom stereocenters. The summed E-state index contributed by atoms with van der Waals surface area (Å²) in [5.74, 6) is 1.77. The molecule has 116 valence electrons. The van der Waals surface area contributed by atoms with Crippen LogP contribution in [-0.4, -0.2) is 28.5 Å². The van der Waals surface area contributed by atoms with Gasteiger partial charge >= 0.3 is 0 Å². The number of carbonyl (C=O) groups is 1. The molecule has 1 aromatic rings. The van der Waals surface area contributed by atoms with Crippen LogP contribution in [0.2, 0.25) is 0 Å². The molecule has 0 radical (unpaired) electrons. The number of nitrogens with one attached hydrogen (secondary N) is 2. The van der Waals surface area contributed by atoms with Crippen molar-refractivity contribution in [3.8, 4) is 0 Å². The lowest BCUT2D eigenvalue weighted by atomic mass is 10.1. The molecular formula is C13H24Cl2N4O. The molecule has 7 heteroatoms. The molecule has 20 heavy (non-hydrogen) atoms. The van der Waals surface area contributed by atoms with E-state index in [-0.39, 0.29) is 36.6 Å². The van der Waals surface area contributed by atoms with E-state index in [4.69, 9.17) is 0 Å². The van der Waals surface area contributed by atoms with Crippen LogP contribution in [-0.2, 0) is 17.9 Å². The van der Waals surface area contributed by atoms with Crippen LogP contribution in [0.1, 0.15) is 26.1 Å². The summed E-state index contributed by atoms with van der Waals surface area (Å²) in [6, 6.07) is 0. The summed E-state index contributed by atoms with van der Waals surface area (Å²) in [4.78, 5) is 16.2. The van der Waals surface area contributed by atoms with Gasteiger partial charge in [-0.3, -0.25) is 4.79 Å². The first-order chi connectivity index (χ1) is 8.66. The van der Waals surface area contributed by atoms with Crippen LogP contribution >= 0.6 is 24.8 Å². The van der Waals surface area contributed by atoms with Crippen molar-refractivity contribution in [3.63, 3.8) is 0 Å². The van der Waals surface area contributed by atoms with Crippen LogP contribution in [0.3, 0.4) is 0 Å². The molecule has 0 spiro atoms. The molecule has 2 heterocycles. The van der Waals surface area contributed by atoms with Crippen molar-refractivity contribution < 1.29 is 4.79 Å². The third kappa shape index (κ3) is 5.31. The highest BCUT2D eigenvalue weighted by atomic mass is 35.5. The molecule has 1 aromatic heterocycles. The van der Waals surface area contributed by atoms with E-state index in [9.17, 15) is 4.79 Å². The summed E-state index contributed by atoms with van der Waals surface area (Å²) in [5.41, 5.74) is 0. The van der Waals surface area contributed by atoms with Crippen LogP contribution in [0.5, 0.6) is 0 Å². The maximum absolute atomic E-state index is 11.9. The van der Waals surface area contributed by atoms with Crippen molar-refractivity contribution in [2.24, 2.45) is 11.8 Å². The summed E-state index contributed by atoms with van der Waals surface area (Å²) in [6.45, 7) is 7.55. The third-order valence-electron chi connectivity index (χ3n) is 3.22. The van der Waals surface area contributed by atoms with Gasteiger partial charge in [-0.05, 0) is 18.9 Å². The SMILES string of the molecule is CC(C)Cn1ccnc1CNC(=O)C1CCNC1.Cl.Cl. The van der Waals surface area contributed by atoms with Crippen molar-refractivity contribution in [2.75, 3.05) is 13.1 Å². The van der Waals surface area contributed by atoms with Gasteiger partial charge < -0.3 is 15.2 Å². The Bertz CT molecular complexity index is 403. The number of carbonyl (C=O) groups excluding carboxylic acids is 1. The first-order valence-electron chi connectivity index (χ1n) is 6.65. The van der Waals surface area contributed by atoms with Crippen molar-refractivity contribution in [1.82, 2.24) is 20.2 Å². The average Bonchev–Trinajstić information content (AvgIpc) is 2.95. The quantitative estimate of drug-likeness (QED) is 0.865. The van der Waals surface area contributed by atoms with Gasteiger partial charge in [-0.2, -0.15) is 0 Å². The first kappa shape index (κ1) is 19.2. The number of nitrogens with zero attached hydrogens (tertiary/aromatic N) is 2. The average molecular weight is 323 g/mol. The molecule has 1 saturated heterocycles. The smallest absolute Gasteiger partial charge is 0.224 e. The van der Waals surface area contributed by atoms with Crippen LogP contribution < -0.4 is 10.6 Å². The predicted octanol–water partition coefficient (Wildman–Crippen LogP) is 1.61. The minimum atomic E-state index is 0. The fourth-order valence-electron chi connectivity index (χ4n) is 2.26. The Kier molecular flexibility index (Phi) is 8.85. The number of hydrogen-bond acceptors (Lipinski definition) is 3. The lowest BCUT2D eigenvalue weighted by Gasteiger charge is -2.12. The molecule has 1 aliphatic rings. The molecule has 1 unspecified atom stereocenters. The second-order valence-electron chi connectivity index (χ2n) is 5.30. The van der Waals surface area contributed by atoms with Gasteiger partial charge in [0.05, 0.1) is 12.5 Å². The molecule has 1 fully saturated rings. The maximum Gasteiger partial charge on any atom is 0.224 e. The number of rotatable bonds is 5. The maximum atomic E-state index is 11.9. The lowest BCUT2D eigenvalue weighted by molar-refractivity contribution is -0.124. The van der Waals surface area contributed by atoms with E-state index in [1.54, 1.807) is 6.20 Å². The highest BCUT2D eigenvalue weighted by molar-refractivity contribution is 5.85. The van der Waals surface area contributed by atoms with E-state index in [1.165, 1.54) is 0 Å². The Morgan fingerprint density at radius 1 is 1.55 bits per heavy atom. The molecule has 0 aromatic carbocycles. The summed E-state index contributed by atoms with van der Waals surface area (Å²) >= 11 is 0. The van der Waals surface area contributed by atoms with E-state index in [2.05, 4.69) is 34.0 Å². The number of imidazole rings is 1. The van der Waals surface area contributed by atoms with E-state index in [0.29, 0.717) is 12.5 Å². The number of halogens is 2. The Hall–Kier alpha value is -0.780. The molecule has 2 N–H and O–H groups in total. The summed E-state index contributed by atoms with van der Waals surface area (Å²) in [5, 5.41) is 6.18. The molecular weight excluding hydrogens is 299 g/mol. The fourth-order valence-corrected chi connectivity index (χ4v) is 2.26. The highest BCUT2D eigenvalue weighted by Crippen LogP contribution is 2.08. The topological polar surface area (TPSA) is 59.0 Å². The van der Waals surface area contributed by atoms with Crippen LogP contribution in [0.25, 0.3) is 0 Å². The van der Waals surface area contributed by atoms with Gasteiger partial charge in [-0.25, -0.2) is 4.98 Å². The number of hydrogen-bond donors (Lipinski definition) is 2. The molecule has 5 nitrogen and oxygen atoms in total. The van der Waals surface area contributed by atoms with E-state index >= 15 is 0 Å². The van der Waals surface area contributed by atoms with Gasteiger partial charge in [0.25, 0.3) is 0 Å². The summed E-state index contributed by atoms with van der Waals surface area (Å²) in [7, 11) is 0. The van der Waals surface area contributed by atoms with Crippen molar-refractivity contribution in [3.05, 3.63) is 18.2 Å². The Morgan fingerprint density at radius 3 is 2.90 bits per heavy atom. The molecule has 1 aliphatic heterocycles. The first-order valence-corrected chi connectivity index (χ1v) is 6.65. The lowest BCUT2D eigenvalue weighted by Crippen LogP contribution is -2.32. The minimum Gasteiger partial charge on any atom is -0.349 e. The van der Waals surface area contributed by atoms with Crippen LogP contribution in [0, 0.1) is 11.8 Å². The zero-order chi connectivity index (χ0) is 13.0. The molecule has 2 rings (SSSR count). The van der Waals surface area contributed by atoms with Crippen molar-refractivity contribution in [2.45, 2.75) is 33.4 Å². The van der Waals surface area contributed by atoms with Gasteiger partial charge in [0.1, 0.15) is 5.82 Å². The van der Waals surface area contributed by atoms with E-state index in [1.807, 2.05) is 6.20 Å². The fraction of sp³-hybridized carbons (Fsp3) is 0.692. The highest BCUT2D eigenvalue weighted by Gasteiger charge is 2.22. The van der Waals surface area contributed by atoms with Gasteiger partial charge in [-0.1, -0.05) is 13.8 Å². The monoisotopic (exact) mass is 322 g/mol. The second kappa shape index (κ2) is 9.21. The van der Waals surface area contributed by atoms with Crippen molar-refractivity contribution in [1.29, 1.82) is 0 Å². The van der Waals surface area contributed by atoms with E-state index in [0.717, 1.165) is 31.9 Å². The molecule has 0 aliphatic carbocycles. The standard InChI is InChI=1S/C13H22N4O.2ClH/c1-10(2)9-17-6-5-15-12(17)8-16-13(18)11-3-4-14-7-11;;/h5-6,10-11,14H,3-4,7-9H2,1-2H3,(H,16,18);2*1H. The number of aromatic nitrogens is 2. The predicted molar refractivity (Wildman–Crippen MR) is 84.4 cm³/mol. The molecule has 0 bridgehead atoms. The third-order valence-corrected chi connectivity index (χ3v) is 3.22. The Labute approximate surface area is 132 Å². The van der Waals surface area contributed by atoms with Crippen LogP contribution in [0.15, 0.2) is 12.4 Å². The van der Waals surface area contributed by atoms with E-state index < -0.39 is 0 Å². The summed E-state index contributed by atoms with van der Waals surface area (Å²) in [6.07, 6.45) is 4.70. The Morgan fingerprint density at radius 2 is 2.30 bits per heavy atom. The Balaban J connectivity index is 0.00000180. The molecule has 0 saturated carbocycles. The number of amides is 1.